The van der Waals surface area contributed by atoms with Crippen molar-refractivity contribution in [3.05, 3.63) is 63.7 Å². The first kappa shape index (κ1) is 23.9. The lowest BCUT2D eigenvalue weighted by atomic mass is 10.1. The number of piperazine rings is 1. The Balaban J connectivity index is 1.21. The molecule has 7 nitrogen and oxygen atoms in total. The summed E-state index contributed by atoms with van der Waals surface area (Å²) in [7, 11) is 0. The smallest absolute Gasteiger partial charge is 0.283 e. The van der Waals surface area contributed by atoms with Gasteiger partial charge in [-0.15, -0.1) is 0 Å². The van der Waals surface area contributed by atoms with E-state index in [0.29, 0.717) is 18.8 Å². The predicted octanol–water partition coefficient (Wildman–Crippen LogP) is 4.50. The van der Waals surface area contributed by atoms with Gasteiger partial charge >= 0.3 is 0 Å². The summed E-state index contributed by atoms with van der Waals surface area (Å²) in [4.78, 5) is 17.1. The third kappa shape index (κ3) is 4.84. The summed E-state index contributed by atoms with van der Waals surface area (Å²) in [6.45, 7) is 7.46. The summed E-state index contributed by atoms with van der Waals surface area (Å²) in [5, 5.41) is 8.74. The minimum Gasteiger partial charge on any atom is -0.339 e. The molecule has 3 heterocycles. The molecule has 1 aromatic carbocycles. The third-order valence-corrected chi connectivity index (χ3v) is 7.35. The maximum Gasteiger partial charge on any atom is 0.283 e. The van der Waals surface area contributed by atoms with Crippen LogP contribution in [0.3, 0.4) is 0 Å². The van der Waals surface area contributed by atoms with Gasteiger partial charge in [0, 0.05) is 49.9 Å². The lowest BCUT2D eigenvalue weighted by Crippen LogP contribution is -2.49. The number of nitrogens with zero attached hydrogens (tertiary/aromatic N) is 6. The van der Waals surface area contributed by atoms with Crippen molar-refractivity contribution in [3.8, 4) is 5.69 Å². The van der Waals surface area contributed by atoms with Gasteiger partial charge in [-0.25, -0.2) is 13.5 Å². The van der Waals surface area contributed by atoms with Crippen molar-refractivity contribution in [2.45, 2.75) is 52.1 Å². The number of hydrogen-bond acceptors (Lipinski definition) is 4. The van der Waals surface area contributed by atoms with Gasteiger partial charge < -0.3 is 4.90 Å². The normalized spacial score (nSPS) is 16.9. The Hall–Kier alpha value is -2.78. The van der Waals surface area contributed by atoms with Gasteiger partial charge in [-0.05, 0) is 38.8 Å². The van der Waals surface area contributed by atoms with Gasteiger partial charge in [0.2, 0.25) is 5.91 Å². The van der Waals surface area contributed by atoms with Crippen LogP contribution in [0.5, 0.6) is 0 Å². The van der Waals surface area contributed by atoms with Crippen molar-refractivity contribution in [2.75, 3.05) is 26.2 Å². The van der Waals surface area contributed by atoms with Gasteiger partial charge in [0.15, 0.2) is 0 Å². The molecule has 0 spiro atoms. The van der Waals surface area contributed by atoms with E-state index in [1.54, 1.807) is 4.90 Å². The number of aromatic nitrogens is 4. The molecule has 3 aromatic rings. The topological polar surface area (TPSA) is 59.2 Å². The minimum atomic E-state index is -2.75. The predicted molar refractivity (Wildman–Crippen MR) is 129 cm³/mol. The number of rotatable bonds is 7. The van der Waals surface area contributed by atoms with Crippen molar-refractivity contribution < 1.29 is 13.6 Å². The summed E-state index contributed by atoms with van der Waals surface area (Å²) >= 11 is 6.19. The van der Waals surface area contributed by atoms with Crippen LogP contribution in [0, 0.1) is 13.8 Å². The second-order valence-electron chi connectivity index (χ2n) is 9.37. The standard InChI is InChI=1S/C25H29ClF2N6O/c1-16-20(17(2)34(29-16)19-6-4-3-5-7-19)14-31-10-12-32(13-11-31)21(35)15-33-24(18-8-9-18)22(26)23(30-33)25(27)28/h3-7,18,25H,8-15H2,1-2H3. The van der Waals surface area contributed by atoms with Crippen LogP contribution in [-0.2, 0) is 17.9 Å². The number of para-hydroxylation sites is 1. The molecule has 0 radical (unpaired) electrons. The van der Waals surface area contributed by atoms with Gasteiger partial charge in [0.05, 0.1) is 22.1 Å². The van der Waals surface area contributed by atoms with Crippen molar-refractivity contribution in [3.63, 3.8) is 0 Å². The average Bonchev–Trinajstić information content (AvgIpc) is 3.58. The summed E-state index contributed by atoms with van der Waals surface area (Å²) in [5.41, 5.74) is 4.51. The Labute approximate surface area is 208 Å². The maximum absolute atomic E-state index is 13.3. The van der Waals surface area contributed by atoms with E-state index in [2.05, 4.69) is 16.9 Å². The van der Waals surface area contributed by atoms with Gasteiger partial charge in [-0.2, -0.15) is 10.2 Å². The number of alkyl halides is 2. The Morgan fingerprint density at radius 1 is 1.09 bits per heavy atom. The van der Waals surface area contributed by atoms with Gasteiger partial charge in [-0.1, -0.05) is 29.8 Å². The summed E-state index contributed by atoms with van der Waals surface area (Å²) < 4.78 is 30.0. The summed E-state index contributed by atoms with van der Waals surface area (Å²) in [6, 6.07) is 10.1. The van der Waals surface area contributed by atoms with Crippen molar-refractivity contribution in [1.82, 2.24) is 29.4 Å². The second kappa shape index (κ2) is 9.70. The fourth-order valence-electron chi connectivity index (χ4n) is 4.81. The number of hydrogen-bond donors (Lipinski definition) is 0. The first-order valence-electron chi connectivity index (χ1n) is 12.0. The molecule has 35 heavy (non-hydrogen) atoms. The molecule has 0 N–H and O–H groups in total. The first-order valence-corrected chi connectivity index (χ1v) is 12.4. The highest BCUT2D eigenvalue weighted by Gasteiger charge is 2.35. The lowest BCUT2D eigenvalue weighted by Gasteiger charge is -2.35. The molecule has 1 saturated heterocycles. The monoisotopic (exact) mass is 502 g/mol. The van der Waals surface area contributed by atoms with Crippen LogP contribution in [0.25, 0.3) is 5.69 Å². The molecule has 2 aliphatic rings. The van der Waals surface area contributed by atoms with Crippen LogP contribution in [0.15, 0.2) is 30.3 Å². The molecule has 0 atom stereocenters. The first-order chi connectivity index (χ1) is 16.8. The van der Waals surface area contributed by atoms with Crippen LogP contribution >= 0.6 is 11.6 Å². The molecular formula is C25H29ClF2N6O. The second-order valence-corrected chi connectivity index (χ2v) is 9.75. The van der Waals surface area contributed by atoms with Crippen molar-refractivity contribution in [2.24, 2.45) is 0 Å². The number of benzene rings is 1. The van der Waals surface area contributed by atoms with E-state index in [1.807, 2.05) is 41.9 Å². The molecular weight excluding hydrogens is 474 g/mol. The Bertz CT molecular complexity index is 1210. The van der Waals surface area contributed by atoms with E-state index in [4.69, 9.17) is 16.7 Å². The fraction of sp³-hybridized carbons (Fsp3) is 0.480. The molecule has 186 valence electrons. The van der Waals surface area contributed by atoms with Gasteiger partial charge in [-0.3, -0.25) is 14.4 Å². The third-order valence-electron chi connectivity index (χ3n) is 6.96. The van der Waals surface area contributed by atoms with Gasteiger partial charge in [0.1, 0.15) is 12.2 Å². The highest BCUT2D eigenvalue weighted by Crippen LogP contribution is 2.45. The van der Waals surface area contributed by atoms with Crippen LogP contribution in [0.4, 0.5) is 8.78 Å². The van der Waals surface area contributed by atoms with E-state index in [1.165, 1.54) is 10.2 Å². The Morgan fingerprint density at radius 2 is 1.77 bits per heavy atom. The molecule has 1 saturated carbocycles. The Morgan fingerprint density at radius 3 is 2.40 bits per heavy atom. The minimum absolute atomic E-state index is 0.0157. The number of carbonyl (C=O) groups is 1. The number of aryl methyl sites for hydroxylation is 1. The molecule has 1 amide bonds. The van der Waals surface area contributed by atoms with E-state index in [9.17, 15) is 13.6 Å². The van der Waals surface area contributed by atoms with E-state index >= 15 is 0 Å². The average molecular weight is 503 g/mol. The van der Waals surface area contributed by atoms with Gasteiger partial charge in [0.25, 0.3) is 6.43 Å². The molecule has 0 unspecified atom stereocenters. The molecule has 10 heteroatoms. The molecule has 2 fully saturated rings. The van der Waals surface area contributed by atoms with Crippen LogP contribution in [0.2, 0.25) is 5.02 Å². The molecule has 1 aliphatic heterocycles. The van der Waals surface area contributed by atoms with Crippen LogP contribution in [0.1, 0.15) is 53.5 Å². The highest BCUT2D eigenvalue weighted by atomic mass is 35.5. The zero-order valence-electron chi connectivity index (χ0n) is 19.9. The quantitative estimate of drug-likeness (QED) is 0.477. The molecule has 1 aliphatic carbocycles. The largest absolute Gasteiger partial charge is 0.339 e. The molecule has 5 rings (SSSR count). The van der Waals surface area contributed by atoms with E-state index in [0.717, 1.165) is 49.6 Å². The van der Waals surface area contributed by atoms with E-state index in [-0.39, 0.29) is 23.4 Å². The zero-order chi connectivity index (χ0) is 24.7. The lowest BCUT2D eigenvalue weighted by molar-refractivity contribution is -0.133. The van der Waals surface area contributed by atoms with Crippen LogP contribution < -0.4 is 0 Å². The SMILES string of the molecule is Cc1nn(-c2ccccc2)c(C)c1CN1CCN(C(=O)Cn2nc(C(F)F)c(Cl)c2C2CC2)CC1. The fourth-order valence-corrected chi connectivity index (χ4v) is 5.18. The Kier molecular flexibility index (Phi) is 6.63. The zero-order valence-corrected chi connectivity index (χ0v) is 20.7. The van der Waals surface area contributed by atoms with Crippen molar-refractivity contribution in [1.29, 1.82) is 0 Å². The van der Waals surface area contributed by atoms with Crippen LogP contribution in [-0.4, -0.2) is 61.4 Å². The summed E-state index contributed by atoms with van der Waals surface area (Å²) in [6.07, 6.45) is -0.973. The summed E-state index contributed by atoms with van der Waals surface area (Å²) in [5.74, 6) is 0.00576. The number of carbonyl (C=O) groups excluding carboxylic acids is 1. The highest BCUT2D eigenvalue weighted by molar-refractivity contribution is 6.32. The van der Waals surface area contributed by atoms with E-state index < -0.39 is 12.1 Å². The number of amides is 1. The maximum atomic E-state index is 13.3. The molecule has 0 bridgehead atoms. The molecule has 2 aromatic heterocycles. The van der Waals surface area contributed by atoms with Crippen molar-refractivity contribution >= 4 is 17.5 Å². The number of halogens is 3.